The van der Waals surface area contributed by atoms with Crippen molar-refractivity contribution < 1.29 is 14.4 Å². The topological polar surface area (TPSA) is 81.8 Å². The number of nitrogens with zero attached hydrogens (tertiary/aromatic N) is 2. The van der Waals surface area contributed by atoms with Gasteiger partial charge >= 0.3 is 0 Å². The van der Waals surface area contributed by atoms with Crippen LogP contribution < -0.4 is 10.6 Å². The fraction of sp³-hybridized carbons (Fsp3) is 0.471. The minimum atomic E-state index is -0.117. The zero-order valence-electron chi connectivity index (χ0n) is 14.2. The summed E-state index contributed by atoms with van der Waals surface area (Å²) >= 11 is 0. The number of likely N-dealkylation sites (N-methyl/N-ethyl adjacent to an activating group) is 1. The third-order valence-corrected chi connectivity index (χ3v) is 4.00. The number of nitrogens with one attached hydrogen (secondary N) is 2. The van der Waals surface area contributed by atoms with E-state index < -0.39 is 0 Å². The van der Waals surface area contributed by atoms with Gasteiger partial charge in [-0.1, -0.05) is 12.1 Å². The second kappa shape index (κ2) is 8.44. The van der Waals surface area contributed by atoms with Gasteiger partial charge in [0, 0.05) is 45.8 Å². The lowest BCUT2D eigenvalue weighted by Crippen LogP contribution is -2.51. The molecule has 1 aromatic carbocycles. The predicted molar refractivity (Wildman–Crippen MR) is 91.5 cm³/mol. The molecule has 0 unspecified atom stereocenters. The normalized spacial score (nSPS) is 15.0. The van der Waals surface area contributed by atoms with E-state index in [9.17, 15) is 14.4 Å². The Hall–Kier alpha value is -2.41. The summed E-state index contributed by atoms with van der Waals surface area (Å²) in [7, 11) is 1.62. The Bertz CT molecular complexity index is 592. The van der Waals surface area contributed by atoms with Crippen molar-refractivity contribution in [3.8, 4) is 0 Å². The van der Waals surface area contributed by atoms with Gasteiger partial charge < -0.3 is 15.5 Å². The average molecular weight is 332 g/mol. The van der Waals surface area contributed by atoms with Crippen LogP contribution in [0.15, 0.2) is 24.3 Å². The Labute approximate surface area is 142 Å². The van der Waals surface area contributed by atoms with Crippen molar-refractivity contribution in [1.82, 2.24) is 15.1 Å². The Kier molecular flexibility index (Phi) is 6.31. The molecule has 1 heterocycles. The summed E-state index contributed by atoms with van der Waals surface area (Å²) < 4.78 is 0. The molecular formula is C17H24N4O3. The van der Waals surface area contributed by atoms with Gasteiger partial charge in [-0.2, -0.15) is 0 Å². The third kappa shape index (κ3) is 5.34. The standard InChI is InChI=1S/C17H24N4O3/c1-13(22)19-15-5-3-14(4-6-15)11-17(24)21-9-7-20(8-10-21)12-16(23)18-2/h3-6H,7-12H2,1-2H3,(H,18,23)(H,19,22). The van der Waals surface area contributed by atoms with Crippen LogP contribution in [0.25, 0.3) is 0 Å². The third-order valence-electron chi connectivity index (χ3n) is 4.00. The molecule has 130 valence electrons. The van der Waals surface area contributed by atoms with E-state index in [1.54, 1.807) is 19.2 Å². The van der Waals surface area contributed by atoms with Gasteiger partial charge in [0.2, 0.25) is 17.7 Å². The maximum Gasteiger partial charge on any atom is 0.233 e. The molecule has 24 heavy (non-hydrogen) atoms. The van der Waals surface area contributed by atoms with Crippen molar-refractivity contribution in [2.45, 2.75) is 13.3 Å². The summed E-state index contributed by atoms with van der Waals surface area (Å²) in [6.45, 7) is 4.53. The van der Waals surface area contributed by atoms with E-state index in [2.05, 4.69) is 10.6 Å². The van der Waals surface area contributed by atoms with Crippen molar-refractivity contribution in [3.63, 3.8) is 0 Å². The van der Waals surface area contributed by atoms with Crippen LogP contribution in [0.2, 0.25) is 0 Å². The lowest BCUT2D eigenvalue weighted by atomic mass is 10.1. The average Bonchev–Trinajstić information content (AvgIpc) is 2.56. The molecule has 0 aromatic heterocycles. The van der Waals surface area contributed by atoms with Crippen molar-refractivity contribution in [2.24, 2.45) is 0 Å². The fourth-order valence-electron chi connectivity index (χ4n) is 2.63. The van der Waals surface area contributed by atoms with Gasteiger partial charge in [-0.05, 0) is 17.7 Å². The smallest absolute Gasteiger partial charge is 0.233 e. The minimum absolute atomic E-state index is 0.00552. The van der Waals surface area contributed by atoms with Gasteiger partial charge in [0.15, 0.2) is 0 Å². The van der Waals surface area contributed by atoms with E-state index >= 15 is 0 Å². The Morgan fingerprint density at radius 2 is 1.67 bits per heavy atom. The van der Waals surface area contributed by atoms with Gasteiger partial charge in [0.1, 0.15) is 0 Å². The van der Waals surface area contributed by atoms with Gasteiger partial charge in [0.25, 0.3) is 0 Å². The monoisotopic (exact) mass is 332 g/mol. The van der Waals surface area contributed by atoms with E-state index in [-0.39, 0.29) is 17.7 Å². The number of rotatable bonds is 5. The lowest BCUT2D eigenvalue weighted by molar-refractivity contribution is -0.132. The van der Waals surface area contributed by atoms with Crippen LogP contribution in [0.3, 0.4) is 0 Å². The molecule has 1 saturated heterocycles. The summed E-state index contributed by atoms with van der Waals surface area (Å²) in [6, 6.07) is 7.30. The van der Waals surface area contributed by atoms with Crippen molar-refractivity contribution in [2.75, 3.05) is 45.1 Å². The highest BCUT2D eigenvalue weighted by molar-refractivity contribution is 5.88. The van der Waals surface area contributed by atoms with Crippen LogP contribution in [0, 0.1) is 0 Å². The second-order valence-electron chi connectivity index (χ2n) is 5.88. The number of carbonyl (C=O) groups is 3. The Morgan fingerprint density at radius 3 is 2.21 bits per heavy atom. The van der Waals surface area contributed by atoms with E-state index in [1.807, 2.05) is 21.9 Å². The van der Waals surface area contributed by atoms with Crippen LogP contribution >= 0.6 is 0 Å². The SMILES string of the molecule is CNC(=O)CN1CCN(C(=O)Cc2ccc(NC(C)=O)cc2)CC1. The second-order valence-corrected chi connectivity index (χ2v) is 5.88. The van der Waals surface area contributed by atoms with Gasteiger partial charge in [0.05, 0.1) is 13.0 Å². The zero-order valence-corrected chi connectivity index (χ0v) is 14.2. The first-order valence-electron chi connectivity index (χ1n) is 8.05. The van der Waals surface area contributed by atoms with Crippen molar-refractivity contribution in [1.29, 1.82) is 0 Å². The highest BCUT2D eigenvalue weighted by Crippen LogP contribution is 2.12. The number of piperazine rings is 1. The molecule has 0 radical (unpaired) electrons. The van der Waals surface area contributed by atoms with Gasteiger partial charge in [-0.3, -0.25) is 19.3 Å². The molecule has 2 rings (SSSR count). The van der Waals surface area contributed by atoms with Crippen LogP contribution in [0.4, 0.5) is 5.69 Å². The minimum Gasteiger partial charge on any atom is -0.358 e. The molecule has 0 bridgehead atoms. The van der Waals surface area contributed by atoms with Gasteiger partial charge in [-0.15, -0.1) is 0 Å². The molecule has 0 saturated carbocycles. The molecule has 2 N–H and O–H groups in total. The molecular weight excluding hydrogens is 308 g/mol. The first-order valence-corrected chi connectivity index (χ1v) is 8.05. The molecule has 0 aliphatic carbocycles. The number of amides is 3. The van der Waals surface area contributed by atoms with Crippen LogP contribution in [0.5, 0.6) is 0 Å². The summed E-state index contributed by atoms with van der Waals surface area (Å²) in [6.07, 6.45) is 0.343. The molecule has 1 aromatic rings. The molecule has 3 amide bonds. The summed E-state index contributed by atoms with van der Waals surface area (Å²) in [4.78, 5) is 38.6. The van der Waals surface area contributed by atoms with Gasteiger partial charge in [-0.25, -0.2) is 0 Å². The first-order chi connectivity index (χ1) is 11.5. The number of hydrogen-bond donors (Lipinski definition) is 2. The number of hydrogen-bond acceptors (Lipinski definition) is 4. The molecule has 7 heteroatoms. The lowest BCUT2D eigenvalue weighted by Gasteiger charge is -2.34. The highest BCUT2D eigenvalue weighted by Gasteiger charge is 2.22. The zero-order chi connectivity index (χ0) is 17.5. The summed E-state index contributed by atoms with van der Waals surface area (Å²) in [5.74, 6) is -0.0376. The molecule has 1 aliphatic heterocycles. The van der Waals surface area contributed by atoms with E-state index in [1.165, 1.54) is 6.92 Å². The fourth-order valence-corrected chi connectivity index (χ4v) is 2.63. The van der Waals surface area contributed by atoms with E-state index in [0.717, 1.165) is 11.3 Å². The maximum atomic E-state index is 12.4. The Balaban J connectivity index is 1.81. The largest absolute Gasteiger partial charge is 0.358 e. The number of benzene rings is 1. The maximum absolute atomic E-state index is 12.4. The predicted octanol–water partition coefficient (Wildman–Crippen LogP) is 0.0777. The van der Waals surface area contributed by atoms with E-state index in [0.29, 0.717) is 39.1 Å². The quantitative estimate of drug-likeness (QED) is 0.800. The molecule has 1 aliphatic rings. The molecule has 1 fully saturated rings. The van der Waals surface area contributed by atoms with E-state index in [4.69, 9.17) is 0 Å². The van der Waals surface area contributed by atoms with Crippen molar-refractivity contribution >= 4 is 23.4 Å². The molecule has 0 spiro atoms. The molecule has 0 atom stereocenters. The van der Waals surface area contributed by atoms with Crippen LogP contribution in [-0.2, 0) is 20.8 Å². The Morgan fingerprint density at radius 1 is 1.04 bits per heavy atom. The summed E-state index contributed by atoms with van der Waals surface area (Å²) in [5.41, 5.74) is 1.64. The first kappa shape index (κ1) is 17.9. The highest BCUT2D eigenvalue weighted by atomic mass is 16.2. The van der Waals surface area contributed by atoms with Crippen LogP contribution in [-0.4, -0.2) is 67.3 Å². The number of anilines is 1. The van der Waals surface area contributed by atoms with Crippen molar-refractivity contribution in [3.05, 3.63) is 29.8 Å². The van der Waals surface area contributed by atoms with Crippen LogP contribution in [0.1, 0.15) is 12.5 Å². The molecule has 7 nitrogen and oxygen atoms in total. The number of carbonyl (C=O) groups excluding carboxylic acids is 3. The summed E-state index contributed by atoms with van der Waals surface area (Å²) in [5, 5.41) is 5.31.